The Morgan fingerprint density at radius 3 is 2.22 bits per heavy atom. The van der Waals surface area contributed by atoms with Crippen molar-refractivity contribution in [3.8, 4) is 0 Å². The molecule has 0 aromatic carbocycles. The van der Waals surface area contributed by atoms with Crippen molar-refractivity contribution in [1.82, 2.24) is 0 Å². The predicted molar refractivity (Wildman–Crippen MR) is 138 cm³/mol. The van der Waals surface area contributed by atoms with Gasteiger partial charge in [0.25, 0.3) is 5.78 Å². The number of fused-ring (bicyclic) bond motifs is 1. The molecule has 0 amide bonds. The number of alkyl halides is 3. The molecule has 1 saturated carbocycles. The molecule has 3 aliphatic carbocycles. The standard InChI is InChI=1S/C26H31Cl3N2O6/c1-11-18(32)16-15(17(31-30)19(11)33)21(35)26(9-12-22(2,3)13(27)7-8-24(12,6)36)25(29,20(16)34)10-14(28)23(4,5)37-26/h12-14,32,36H,7-10H2,1-6H3. The highest BCUT2D eigenvalue weighted by Gasteiger charge is 2.74. The lowest BCUT2D eigenvalue weighted by Crippen LogP contribution is -2.75. The highest BCUT2D eigenvalue weighted by Crippen LogP contribution is 2.60. The molecule has 6 atom stereocenters. The largest absolute Gasteiger partial charge is 0.507 e. The molecule has 0 aromatic rings. The van der Waals surface area contributed by atoms with E-state index in [9.17, 15) is 30.1 Å². The van der Waals surface area contributed by atoms with E-state index in [-0.39, 0.29) is 23.8 Å². The third-order valence-electron chi connectivity index (χ3n) is 9.06. The van der Waals surface area contributed by atoms with Gasteiger partial charge in [-0.05, 0) is 64.7 Å². The molecule has 1 heterocycles. The molecular weight excluding hydrogens is 543 g/mol. The quantitative estimate of drug-likeness (QED) is 0.219. The number of aliphatic hydroxyl groups excluding tert-OH is 1. The summed E-state index contributed by atoms with van der Waals surface area (Å²) in [6.07, 6.45) is 0.437. The van der Waals surface area contributed by atoms with Crippen molar-refractivity contribution < 1.29 is 34.1 Å². The monoisotopic (exact) mass is 572 g/mol. The van der Waals surface area contributed by atoms with Crippen molar-refractivity contribution in [2.45, 2.75) is 99.7 Å². The molecule has 2 N–H and O–H groups in total. The van der Waals surface area contributed by atoms with Crippen LogP contribution in [0.4, 0.5) is 0 Å². The smallest absolute Gasteiger partial charge is 0.374 e. The van der Waals surface area contributed by atoms with Crippen LogP contribution in [0.15, 0.2) is 22.5 Å². The molecule has 0 aromatic heterocycles. The van der Waals surface area contributed by atoms with Crippen molar-refractivity contribution in [3.05, 3.63) is 28.0 Å². The minimum Gasteiger partial charge on any atom is -0.507 e. The summed E-state index contributed by atoms with van der Waals surface area (Å²) in [6, 6.07) is 0. The normalized spacial score (nSPS) is 41.4. The van der Waals surface area contributed by atoms with Crippen LogP contribution in [0.5, 0.6) is 0 Å². The molecule has 4 aliphatic rings. The summed E-state index contributed by atoms with van der Waals surface area (Å²) < 4.78 is 6.46. The number of rotatable bonds is 2. The Bertz CT molecular complexity index is 1240. The fourth-order valence-corrected chi connectivity index (χ4v) is 7.63. The number of nitrogens with zero attached hydrogens (tertiary/aromatic N) is 2. The van der Waals surface area contributed by atoms with Gasteiger partial charge in [0.1, 0.15) is 16.2 Å². The maximum atomic E-state index is 14.6. The Morgan fingerprint density at radius 2 is 1.65 bits per heavy atom. The maximum absolute atomic E-state index is 14.6. The van der Waals surface area contributed by atoms with Gasteiger partial charge in [-0.25, -0.2) is 0 Å². The van der Waals surface area contributed by atoms with E-state index in [1.165, 1.54) is 6.92 Å². The number of hydrogen-bond acceptors (Lipinski definition) is 6. The number of aliphatic hydroxyl groups is 2. The van der Waals surface area contributed by atoms with Gasteiger partial charge in [0, 0.05) is 11.0 Å². The average Bonchev–Trinajstić information content (AvgIpc) is 2.79. The molecule has 8 nitrogen and oxygen atoms in total. The van der Waals surface area contributed by atoms with E-state index in [0.717, 1.165) is 0 Å². The Kier molecular flexibility index (Phi) is 6.52. The minimum atomic E-state index is -2.12. The van der Waals surface area contributed by atoms with Crippen LogP contribution in [-0.2, 0) is 19.1 Å². The molecular formula is C26H31Cl3N2O6. The minimum absolute atomic E-state index is 0.198. The number of hydrogen-bond donors (Lipinski definition) is 2. The van der Waals surface area contributed by atoms with Crippen molar-refractivity contribution in [1.29, 1.82) is 0 Å². The highest BCUT2D eigenvalue weighted by molar-refractivity contribution is 6.60. The molecule has 2 fully saturated rings. The molecule has 1 aliphatic heterocycles. The molecule has 0 spiro atoms. The van der Waals surface area contributed by atoms with Gasteiger partial charge in [0.05, 0.1) is 22.2 Å². The van der Waals surface area contributed by atoms with Crippen LogP contribution in [-0.4, -0.2) is 70.5 Å². The van der Waals surface area contributed by atoms with Crippen LogP contribution in [0.2, 0.25) is 0 Å². The Morgan fingerprint density at radius 1 is 1.05 bits per heavy atom. The van der Waals surface area contributed by atoms with Gasteiger partial charge >= 0.3 is 5.71 Å². The lowest BCUT2D eigenvalue weighted by Gasteiger charge is -2.60. The van der Waals surface area contributed by atoms with Gasteiger partial charge < -0.3 is 20.5 Å². The zero-order valence-electron chi connectivity index (χ0n) is 21.6. The molecule has 6 unspecified atom stereocenters. The fraction of sp³-hybridized carbons (Fsp3) is 0.692. The number of Topliss-reactive ketones (excluding diaryl/α,β-unsaturated/α-hetero) is 3. The predicted octanol–water partition coefficient (Wildman–Crippen LogP) is 4.23. The van der Waals surface area contributed by atoms with Crippen LogP contribution in [0.25, 0.3) is 5.53 Å². The number of carbonyl (C=O) groups excluding carboxylic acids is 3. The van der Waals surface area contributed by atoms with E-state index in [1.54, 1.807) is 20.8 Å². The Labute approximate surface area is 230 Å². The number of allylic oxidation sites excluding steroid dienone is 2. The van der Waals surface area contributed by atoms with Crippen LogP contribution in [0.3, 0.4) is 0 Å². The number of ketones is 3. The van der Waals surface area contributed by atoms with Crippen LogP contribution in [0, 0.1) is 11.3 Å². The first-order valence-electron chi connectivity index (χ1n) is 12.2. The topological polar surface area (TPSA) is 137 Å². The SMILES string of the molecule is CC1=C(O)C2=C(C(=O)C3(CC4C(C)(O)CCC(Cl)C4(C)C)OC(C)(C)C(Cl)CC3(Cl)C2=O)C(=[N+]=[N-])C1=O. The molecule has 0 radical (unpaired) electrons. The zero-order valence-corrected chi connectivity index (χ0v) is 23.9. The lowest BCUT2D eigenvalue weighted by atomic mass is 9.53. The van der Waals surface area contributed by atoms with E-state index in [0.29, 0.717) is 12.8 Å². The molecule has 1 saturated heterocycles. The Balaban J connectivity index is 2.05. The fourth-order valence-electron chi connectivity index (χ4n) is 6.57. The number of ether oxygens (including phenoxy) is 1. The summed E-state index contributed by atoms with van der Waals surface area (Å²) in [5.74, 6) is -4.06. The van der Waals surface area contributed by atoms with E-state index in [1.807, 2.05) is 13.8 Å². The van der Waals surface area contributed by atoms with Gasteiger partial charge in [-0.1, -0.05) is 13.8 Å². The molecule has 37 heavy (non-hydrogen) atoms. The van der Waals surface area contributed by atoms with Gasteiger partial charge in [0.15, 0.2) is 11.4 Å². The molecule has 4 rings (SSSR count). The Hall–Kier alpha value is -1.54. The van der Waals surface area contributed by atoms with Crippen molar-refractivity contribution >= 4 is 57.9 Å². The zero-order chi connectivity index (χ0) is 28.1. The second-order valence-corrected chi connectivity index (χ2v) is 13.8. The van der Waals surface area contributed by atoms with E-state index < -0.39 is 78.4 Å². The van der Waals surface area contributed by atoms with E-state index in [2.05, 4.69) is 4.79 Å². The molecule has 11 heteroatoms. The van der Waals surface area contributed by atoms with E-state index in [4.69, 9.17) is 39.5 Å². The molecule has 0 bridgehead atoms. The second kappa shape index (κ2) is 8.48. The first-order chi connectivity index (χ1) is 16.8. The summed E-state index contributed by atoms with van der Waals surface area (Å²) in [5.41, 5.74) is 2.41. The number of carbonyl (C=O) groups is 3. The first kappa shape index (κ1) is 28.5. The van der Waals surface area contributed by atoms with Gasteiger partial charge in [-0.15, -0.1) is 34.8 Å². The van der Waals surface area contributed by atoms with Crippen molar-refractivity contribution in [3.63, 3.8) is 0 Å². The van der Waals surface area contributed by atoms with Crippen LogP contribution < -0.4 is 0 Å². The third kappa shape index (κ3) is 3.67. The summed E-state index contributed by atoms with van der Waals surface area (Å²) in [6.45, 7) is 9.96. The van der Waals surface area contributed by atoms with Crippen LogP contribution in [0.1, 0.15) is 67.2 Å². The summed E-state index contributed by atoms with van der Waals surface area (Å²) in [7, 11) is 0. The van der Waals surface area contributed by atoms with Crippen molar-refractivity contribution in [2.24, 2.45) is 11.3 Å². The highest BCUT2D eigenvalue weighted by atomic mass is 35.5. The first-order valence-corrected chi connectivity index (χ1v) is 13.5. The van der Waals surface area contributed by atoms with Gasteiger partial charge in [-0.3, -0.25) is 14.4 Å². The number of halogens is 3. The maximum Gasteiger partial charge on any atom is 0.374 e. The van der Waals surface area contributed by atoms with Crippen molar-refractivity contribution in [2.75, 3.05) is 0 Å². The molecule has 202 valence electrons. The lowest BCUT2D eigenvalue weighted by molar-refractivity contribution is -0.214. The average molecular weight is 574 g/mol. The summed E-state index contributed by atoms with van der Waals surface area (Å²) in [5, 5.41) is 21.2. The van der Waals surface area contributed by atoms with E-state index >= 15 is 0 Å². The van der Waals surface area contributed by atoms with Gasteiger partial charge in [-0.2, -0.15) is 4.79 Å². The third-order valence-corrected chi connectivity index (χ3v) is 11.2. The van der Waals surface area contributed by atoms with Crippen LogP contribution >= 0.6 is 34.8 Å². The van der Waals surface area contributed by atoms with Gasteiger partial charge in [0.2, 0.25) is 5.78 Å². The second-order valence-electron chi connectivity index (χ2n) is 12.1. The summed E-state index contributed by atoms with van der Waals surface area (Å²) >= 11 is 20.5. The summed E-state index contributed by atoms with van der Waals surface area (Å²) in [4.78, 5) is 42.5.